The lowest BCUT2D eigenvalue weighted by atomic mass is 10.2. The average Bonchev–Trinajstić information content (AvgIpc) is 2.79. The molecule has 6 nitrogen and oxygen atoms in total. The van der Waals surface area contributed by atoms with Crippen molar-refractivity contribution in [2.75, 3.05) is 11.9 Å². The Balaban J connectivity index is 2.09. The van der Waals surface area contributed by atoms with Crippen LogP contribution in [0.25, 0.3) is 0 Å². The summed E-state index contributed by atoms with van der Waals surface area (Å²) in [6, 6.07) is 4.02. The second-order valence-electron chi connectivity index (χ2n) is 3.53. The van der Waals surface area contributed by atoms with Crippen LogP contribution in [-0.2, 0) is 6.54 Å². The Morgan fingerprint density at radius 3 is 2.76 bits per heavy atom. The molecule has 2 aromatic heterocycles. The summed E-state index contributed by atoms with van der Waals surface area (Å²) in [6.07, 6.45) is 4.52. The van der Waals surface area contributed by atoms with E-state index in [4.69, 9.17) is 9.52 Å². The third kappa shape index (κ3) is 2.60. The molecule has 0 aliphatic carbocycles. The van der Waals surface area contributed by atoms with Crippen molar-refractivity contribution >= 4 is 12.0 Å². The van der Waals surface area contributed by atoms with E-state index in [1.165, 1.54) is 0 Å². The third-order valence-corrected chi connectivity index (χ3v) is 2.21. The predicted molar refractivity (Wildman–Crippen MR) is 59.8 cm³/mol. The highest BCUT2D eigenvalue weighted by Crippen LogP contribution is 2.14. The standard InChI is InChI=1S/C11H11N3O3/c1-14(6-8-2-4-12-5-3-8)11-13-9(7-17-11)10(15)16/h2-5,7H,6H2,1H3,(H,15,16). The summed E-state index contributed by atoms with van der Waals surface area (Å²) in [5.74, 6) is -1.10. The number of hydrogen-bond acceptors (Lipinski definition) is 5. The monoisotopic (exact) mass is 233 g/mol. The third-order valence-electron chi connectivity index (χ3n) is 2.21. The van der Waals surface area contributed by atoms with Crippen LogP contribution in [0.3, 0.4) is 0 Å². The Hall–Kier alpha value is -2.37. The first-order chi connectivity index (χ1) is 8.16. The van der Waals surface area contributed by atoms with Crippen molar-refractivity contribution in [3.05, 3.63) is 42.0 Å². The Bertz CT molecular complexity index is 510. The van der Waals surface area contributed by atoms with E-state index in [9.17, 15) is 4.79 Å². The highest BCUT2D eigenvalue weighted by molar-refractivity contribution is 5.85. The van der Waals surface area contributed by atoms with Gasteiger partial charge in [-0.15, -0.1) is 0 Å². The molecule has 17 heavy (non-hydrogen) atoms. The summed E-state index contributed by atoms with van der Waals surface area (Å²) in [5, 5.41) is 8.72. The molecule has 6 heteroatoms. The Labute approximate surface area is 97.5 Å². The number of carboxylic acid groups (broad SMARTS) is 1. The zero-order valence-corrected chi connectivity index (χ0v) is 9.20. The zero-order chi connectivity index (χ0) is 12.3. The van der Waals surface area contributed by atoms with Crippen LogP contribution in [0.4, 0.5) is 6.01 Å². The smallest absolute Gasteiger partial charge is 0.357 e. The fourth-order valence-corrected chi connectivity index (χ4v) is 1.37. The molecule has 0 radical (unpaired) electrons. The molecule has 0 bridgehead atoms. The van der Waals surface area contributed by atoms with Crippen molar-refractivity contribution in [1.82, 2.24) is 9.97 Å². The highest BCUT2D eigenvalue weighted by atomic mass is 16.4. The number of carbonyl (C=O) groups is 1. The van der Waals surface area contributed by atoms with Crippen molar-refractivity contribution in [2.24, 2.45) is 0 Å². The van der Waals surface area contributed by atoms with E-state index in [0.717, 1.165) is 11.8 Å². The zero-order valence-electron chi connectivity index (χ0n) is 9.20. The number of carboxylic acids is 1. The van der Waals surface area contributed by atoms with Gasteiger partial charge in [0, 0.05) is 26.0 Å². The van der Waals surface area contributed by atoms with Crippen LogP contribution in [-0.4, -0.2) is 28.1 Å². The van der Waals surface area contributed by atoms with E-state index in [1.807, 2.05) is 12.1 Å². The fraction of sp³-hybridized carbons (Fsp3) is 0.182. The molecule has 2 heterocycles. The van der Waals surface area contributed by atoms with E-state index in [-0.39, 0.29) is 11.7 Å². The summed E-state index contributed by atoms with van der Waals surface area (Å²) < 4.78 is 5.08. The molecule has 0 amide bonds. The van der Waals surface area contributed by atoms with Crippen LogP contribution < -0.4 is 4.90 Å². The number of nitrogens with zero attached hydrogens (tertiary/aromatic N) is 3. The van der Waals surface area contributed by atoms with E-state index >= 15 is 0 Å². The molecule has 2 rings (SSSR count). The molecular weight excluding hydrogens is 222 g/mol. The lowest BCUT2D eigenvalue weighted by Crippen LogP contribution is -2.16. The maximum absolute atomic E-state index is 10.6. The Kier molecular flexibility index (Phi) is 3.04. The minimum atomic E-state index is -1.10. The first-order valence-electron chi connectivity index (χ1n) is 4.95. The van der Waals surface area contributed by atoms with Gasteiger partial charge in [0.2, 0.25) is 0 Å². The molecule has 0 aliphatic heterocycles. The summed E-state index contributed by atoms with van der Waals surface area (Å²) in [4.78, 5) is 20.1. The van der Waals surface area contributed by atoms with Crippen molar-refractivity contribution in [2.45, 2.75) is 6.54 Å². The number of oxazole rings is 1. The number of pyridine rings is 1. The molecule has 0 fully saturated rings. The van der Waals surface area contributed by atoms with Gasteiger partial charge in [0.25, 0.3) is 6.01 Å². The van der Waals surface area contributed by atoms with Crippen molar-refractivity contribution in [3.63, 3.8) is 0 Å². The molecule has 1 N–H and O–H groups in total. The van der Waals surface area contributed by atoms with Crippen molar-refractivity contribution in [3.8, 4) is 0 Å². The maximum atomic E-state index is 10.6. The molecule has 0 atom stereocenters. The normalized spacial score (nSPS) is 10.2. The van der Waals surface area contributed by atoms with Crippen LogP contribution in [0.15, 0.2) is 35.2 Å². The number of aromatic carboxylic acids is 1. The molecule has 0 saturated heterocycles. The van der Waals surface area contributed by atoms with Gasteiger partial charge in [-0.25, -0.2) is 4.79 Å². The van der Waals surface area contributed by atoms with Gasteiger partial charge in [-0.05, 0) is 17.7 Å². The van der Waals surface area contributed by atoms with E-state index in [2.05, 4.69) is 9.97 Å². The minimum Gasteiger partial charge on any atom is -0.476 e. The van der Waals surface area contributed by atoms with Gasteiger partial charge >= 0.3 is 5.97 Å². The molecule has 0 saturated carbocycles. The van der Waals surface area contributed by atoms with E-state index in [0.29, 0.717) is 6.54 Å². The lowest BCUT2D eigenvalue weighted by molar-refractivity contribution is 0.0690. The Morgan fingerprint density at radius 2 is 2.18 bits per heavy atom. The first kappa shape index (κ1) is 11.1. The first-order valence-corrected chi connectivity index (χ1v) is 4.95. The molecule has 0 spiro atoms. The summed E-state index contributed by atoms with van der Waals surface area (Å²) in [5.41, 5.74) is 0.944. The van der Waals surface area contributed by atoms with Gasteiger partial charge in [0.15, 0.2) is 5.69 Å². The summed E-state index contributed by atoms with van der Waals surface area (Å²) in [6.45, 7) is 0.572. The predicted octanol–water partition coefficient (Wildman–Crippen LogP) is 1.40. The van der Waals surface area contributed by atoms with Crippen molar-refractivity contribution in [1.29, 1.82) is 0 Å². The van der Waals surface area contributed by atoms with E-state index < -0.39 is 5.97 Å². The summed E-state index contributed by atoms with van der Waals surface area (Å²) in [7, 11) is 1.78. The quantitative estimate of drug-likeness (QED) is 0.859. The van der Waals surface area contributed by atoms with Gasteiger partial charge in [0.05, 0.1) is 0 Å². The number of aromatic nitrogens is 2. The summed E-state index contributed by atoms with van der Waals surface area (Å²) >= 11 is 0. The van der Waals surface area contributed by atoms with Crippen LogP contribution in [0.2, 0.25) is 0 Å². The van der Waals surface area contributed by atoms with Crippen LogP contribution in [0, 0.1) is 0 Å². The van der Waals surface area contributed by atoms with Gasteiger partial charge in [-0.1, -0.05) is 0 Å². The largest absolute Gasteiger partial charge is 0.476 e. The fourth-order valence-electron chi connectivity index (χ4n) is 1.37. The second kappa shape index (κ2) is 4.65. The molecule has 0 aliphatic rings. The van der Waals surface area contributed by atoms with Gasteiger partial charge in [0.1, 0.15) is 6.26 Å². The number of hydrogen-bond donors (Lipinski definition) is 1. The average molecular weight is 233 g/mol. The molecule has 88 valence electrons. The maximum Gasteiger partial charge on any atom is 0.357 e. The lowest BCUT2D eigenvalue weighted by Gasteiger charge is -2.13. The van der Waals surface area contributed by atoms with Gasteiger partial charge in [-0.3, -0.25) is 4.98 Å². The van der Waals surface area contributed by atoms with Crippen LogP contribution >= 0.6 is 0 Å². The SMILES string of the molecule is CN(Cc1ccncc1)c1nc(C(=O)O)co1. The highest BCUT2D eigenvalue weighted by Gasteiger charge is 2.13. The topological polar surface area (TPSA) is 79.5 Å². The van der Waals surface area contributed by atoms with E-state index in [1.54, 1.807) is 24.3 Å². The van der Waals surface area contributed by atoms with Crippen LogP contribution in [0.1, 0.15) is 16.1 Å². The second-order valence-corrected chi connectivity index (χ2v) is 3.53. The van der Waals surface area contributed by atoms with Crippen molar-refractivity contribution < 1.29 is 14.3 Å². The molecule has 2 aromatic rings. The van der Waals surface area contributed by atoms with Gasteiger partial charge < -0.3 is 14.4 Å². The molecular formula is C11H11N3O3. The molecule has 0 unspecified atom stereocenters. The molecule has 0 aromatic carbocycles. The van der Waals surface area contributed by atoms with Gasteiger partial charge in [-0.2, -0.15) is 4.98 Å². The minimum absolute atomic E-state index is 0.0958. The number of anilines is 1. The van der Waals surface area contributed by atoms with Crippen LogP contribution in [0.5, 0.6) is 0 Å². The Morgan fingerprint density at radius 1 is 1.47 bits per heavy atom. The number of rotatable bonds is 4.